The third kappa shape index (κ3) is 4.87. The van der Waals surface area contributed by atoms with Gasteiger partial charge in [-0.15, -0.1) is 0 Å². The number of hydrogen-bond donors (Lipinski definition) is 0. The molecule has 0 aliphatic carbocycles. The first-order chi connectivity index (χ1) is 12.1. The van der Waals surface area contributed by atoms with Crippen molar-refractivity contribution >= 4 is 10.1 Å². The lowest BCUT2D eigenvalue weighted by atomic mass is 10.2. The predicted molar refractivity (Wildman–Crippen MR) is 90.1 cm³/mol. The van der Waals surface area contributed by atoms with E-state index >= 15 is 0 Å². The fourth-order valence-corrected chi connectivity index (χ4v) is 3.53. The Balaban J connectivity index is 1.60. The minimum Gasteiger partial charge on any atom is -0.376 e. The molecular formula is C18H20O6S. The van der Waals surface area contributed by atoms with Crippen LogP contribution in [0.15, 0.2) is 65.6 Å². The van der Waals surface area contributed by atoms with E-state index in [1.807, 2.05) is 30.3 Å². The average Bonchev–Trinajstić information content (AvgIpc) is 3.08. The predicted octanol–water partition coefficient (Wildman–Crippen LogP) is 2.70. The Morgan fingerprint density at radius 3 is 2.16 bits per heavy atom. The number of ether oxygens (including phenoxy) is 3. The molecule has 3 rings (SSSR count). The van der Waals surface area contributed by atoms with Gasteiger partial charge in [0.15, 0.2) is 0 Å². The van der Waals surface area contributed by atoms with Gasteiger partial charge in [-0.25, -0.2) is 4.18 Å². The third-order valence-corrected chi connectivity index (χ3v) is 4.98. The van der Waals surface area contributed by atoms with Crippen molar-refractivity contribution in [1.29, 1.82) is 0 Å². The topological polar surface area (TPSA) is 71.1 Å². The van der Waals surface area contributed by atoms with Gasteiger partial charge in [0.25, 0.3) is 0 Å². The molecule has 0 aromatic heterocycles. The second kappa shape index (κ2) is 8.07. The van der Waals surface area contributed by atoms with Gasteiger partial charge in [0, 0.05) is 0 Å². The zero-order valence-corrected chi connectivity index (χ0v) is 14.5. The molecule has 0 unspecified atom stereocenters. The van der Waals surface area contributed by atoms with E-state index in [9.17, 15) is 8.42 Å². The smallest absolute Gasteiger partial charge is 0.301 e. The van der Waals surface area contributed by atoms with Gasteiger partial charge in [-0.1, -0.05) is 48.5 Å². The van der Waals surface area contributed by atoms with Gasteiger partial charge >= 0.3 is 16.1 Å². The molecule has 0 radical (unpaired) electrons. The summed E-state index contributed by atoms with van der Waals surface area (Å²) in [6, 6.07) is 17.6. The molecule has 1 saturated heterocycles. The maximum atomic E-state index is 12.4. The minimum absolute atomic E-state index is 0.0543. The lowest BCUT2D eigenvalue weighted by Crippen LogP contribution is -2.37. The van der Waals surface area contributed by atoms with Crippen molar-refractivity contribution in [1.82, 2.24) is 0 Å². The SMILES string of the molecule is O=S(=O)(OC1(CCOCc2ccccc2)OCCO1)c1ccccc1. The Labute approximate surface area is 147 Å². The van der Waals surface area contributed by atoms with Crippen LogP contribution in [-0.4, -0.2) is 34.2 Å². The summed E-state index contributed by atoms with van der Waals surface area (Å²) in [4.78, 5) is 0.0543. The van der Waals surface area contributed by atoms with Crippen molar-refractivity contribution in [2.45, 2.75) is 23.9 Å². The van der Waals surface area contributed by atoms with Gasteiger partial charge < -0.3 is 14.2 Å². The summed E-state index contributed by atoms with van der Waals surface area (Å²) in [6.45, 7) is 1.19. The standard InChI is InChI=1S/C18H20O6S/c19-25(20,17-9-5-2-6-10-17)24-18(22-13-14-23-18)11-12-21-15-16-7-3-1-4-8-16/h1-10H,11-15H2. The summed E-state index contributed by atoms with van der Waals surface area (Å²) < 4.78 is 46.6. The molecular weight excluding hydrogens is 344 g/mol. The molecule has 6 nitrogen and oxygen atoms in total. The molecule has 134 valence electrons. The summed E-state index contributed by atoms with van der Waals surface area (Å²) in [5, 5.41) is 0. The molecule has 0 N–H and O–H groups in total. The highest BCUT2D eigenvalue weighted by Crippen LogP contribution is 2.29. The van der Waals surface area contributed by atoms with Crippen LogP contribution in [0.3, 0.4) is 0 Å². The molecule has 2 aromatic rings. The number of hydrogen-bond acceptors (Lipinski definition) is 6. The van der Waals surface area contributed by atoms with Crippen LogP contribution in [0.4, 0.5) is 0 Å². The second-order valence-electron chi connectivity index (χ2n) is 5.52. The molecule has 25 heavy (non-hydrogen) atoms. The van der Waals surface area contributed by atoms with Crippen molar-refractivity contribution in [3.63, 3.8) is 0 Å². The van der Waals surface area contributed by atoms with Gasteiger partial charge in [-0.2, -0.15) is 8.42 Å². The Bertz CT molecular complexity index is 755. The normalized spacial score (nSPS) is 16.8. The van der Waals surface area contributed by atoms with E-state index in [2.05, 4.69) is 0 Å². The van der Waals surface area contributed by atoms with Gasteiger partial charge in [-0.05, 0) is 17.7 Å². The van der Waals surface area contributed by atoms with E-state index < -0.39 is 16.1 Å². The number of rotatable bonds is 8. The minimum atomic E-state index is -4.00. The van der Waals surface area contributed by atoms with Crippen LogP contribution in [0.1, 0.15) is 12.0 Å². The molecule has 1 aliphatic rings. The van der Waals surface area contributed by atoms with Crippen molar-refractivity contribution < 1.29 is 26.8 Å². The monoisotopic (exact) mass is 364 g/mol. The zero-order valence-electron chi connectivity index (χ0n) is 13.7. The molecule has 1 fully saturated rings. The quantitative estimate of drug-likeness (QED) is 0.530. The van der Waals surface area contributed by atoms with Gasteiger partial charge in [0.2, 0.25) is 0 Å². The summed E-state index contributed by atoms with van der Waals surface area (Å²) in [5.41, 5.74) is 1.03. The molecule has 0 amide bonds. The van der Waals surface area contributed by atoms with Crippen molar-refractivity contribution in [2.75, 3.05) is 19.8 Å². The van der Waals surface area contributed by atoms with E-state index in [-0.39, 0.29) is 31.1 Å². The van der Waals surface area contributed by atoms with Crippen LogP contribution in [0, 0.1) is 0 Å². The van der Waals surface area contributed by atoms with E-state index in [4.69, 9.17) is 18.4 Å². The third-order valence-electron chi connectivity index (χ3n) is 3.66. The highest BCUT2D eigenvalue weighted by Gasteiger charge is 2.43. The lowest BCUT2D eigenvalue weighted by Gasteiger charge is -2.26. The van der Waals surface area contributed by atoms with Crippen LogP contribution in [0.5, 0.6) is 0 Å². The molecule has 1 heterocycles. The Hall–Kier alpha value is -1.77. The maximum absolute atomic E-state index is 12.4. The van der Waals surface area contributed by atoms with Crippen molar-refractivity contribution in [3.8, 4) is 0 Å². The first-order valence-corrected chi connectivity index (χ1v) is 9.41. The number of benzene rings is 2. The molecule has 2 aromatic carbocycles. The molecule has 0 atom stereocenters. The van der Waals surface area contributed by atoms with Crippen molar-refractivity contribution in [3.05, 3.63) is 66.2 Å². The van der Waals surface area contributed by atoms with Crippen molar-refractivity contribution in [2.24, 2.45) is 0 Å². The summed E-state index contributed by atoms with van der Waals surface area (Å²) in [6.07, 6.45) is 0.145. The summed E-state index contributed by atoms with van der Waals surface area (Å²) in [5.74, 6) is -1.63. The second-order valence-corrected chi connectivity index (χ2v) is 7.06. The highest BCUT2D eigenvalue weighted by molar-refractivity contribution is 7.86. The Kier molecular flexibility index (Phi) is 5.82. The van der Waals surface area contributed by atoms with E-state index in [1.54, 1.807) is 18.2 Å². The van der Waals surface area contributed by atoms with E-state index in [0.29, 0.717) is 6.61 Å². The molecule has 1 aliphatic heterocycles. The Morgan fingerprint density at radius 1 is 0.920 bits per heavy atom. The van der Waals surface area contributed by atoms with Gasteiger partial charge in [0.1, 0.15) is 0 Å². The maximum Gasteiger partial charge on any atom is 0.301 e. The van der Waals surface area contributed by atoms with Crippen LogP contribution < -0.4 is 0 Å². The fraction of sp³-hybridized carbons (Fsp3) is 0.333. The fourth-order valence-electron chi connectivity index (χ4n) is 2.43. The van der Waals surface area contributed by atoms with E-state index in [0.717, 1.165) is 5.56 Å². The van der Waals surface area contributed by atoms with Gasteiger partial charge in [0.05, 0.1) is 37.7 Å². The average molecular weight is 364 g/mol. The van der Waals surface area contributed by atoms with Crippen LogP contribution in [0.25, 0.3) is 0 Å². The molecule has 0 spiro atoms. The zero-order chi connectivity index (χ0) is 17.6. The largest absolute Gasteiger partial charge is 0.376 e. The first-order valence-electron chi connectivity index (χ1n) is 8.00. The molecule has 0 saturated carbocycles. The molecule has 0 bridgehead atoms. The van der Waals surface area contributed by atoms with Gasteiger partial charge in [-0.3, -0.25) is 0 Å². The summed E-state index contributed by atoms with van der Waals surface area (Å²) in [7, 11) is -4.00. The van der Waals surface area contributed by atoms with Crippen LogP contribution >= 0.6 is 0 Å². The van der Waals surface area contributed by atoms with Crippen LogP contribution in [0.2, 0.25) is 0 Å². The lowest BCUT2D eigenvalue weighted by molar-refractivity contribution is -0.291. The molecule has 7 heteroatoms. The highest BCUT2D eigenvalue weighted by atomic mass is 32.2. The Morgan fingerprint density at radius 2 is 1.52 bits per heavy atom. The first kappa shape index (κ1) is 18.0. The van der Waals surface area contributed by atoms with E-state index in [1.165, 1.54) is 12.1 Å². The summed E-state index contributed by atoms with van der Waals surface area (Å²) >= 11 is 0. The van der Waals surface area contributed by atoms with Crippen LogP contribution in [-0.2, 0) is 35.1 Å².